The highest BCUT2D eigenvalue weighted by Crippen LogP contribution is 2.37. The highest BCUT2D eigenvalue weighted by molar-refractivity contribution is 6.05. The third-order valence-corrected chi connectivity index (χ3v) is 5.00. The van der Waals surface area contributed by atoms with Crippen LogP contribution in [0.1, 0.15) is 17.3 Å². The minimum Gasteiger partial charge on any atom is -0.494 e. The molecule has 7 nitrogen and oxygen atoms in total. The quantitative estimate of drug-likeness (QED) is 0.684. The number of carbonyl (C=O) groups excluding carboxylic acids is 2. The summed E-state index contributed by atoms with van der Waals surface area (Å²) in [6.45, 7) is 3.61. The lowest BCUT2D eigenvalue weighted by atomic mass is 9.88. The van der Waals surface area contributed by atoms with E-state index in [2.05, 4.69) is 16.0 Å². The Balaban J connectivity index is 1.81. The largest absolute Gasteiger partial charge is 0.494 e. The van der Waals surface area contributed by atoms with E-state index in [9.17, 15) is 9.59 Å². The van der Waals surface area contributed by atoms with Crippen LogP contribution in [-0.2, 0) is 4.79 Å². The van der Waals surface area contributed by atoms with Crippen LogP contribution in [0.5, 0.6) is 11.5 Å². The van der Waals surface area contributed by atoms with Crippen molar-refractivity contribution in [2.75, 3.05) is 37.9 Å². The minimum atomic E-state index is -0.260. The predicted molar refractivity (Wildman–Crippen MR) is 108 cm³/mol. The fraction of sp³-hybridized carbons (Fsp3) is 0.333. The minimum absolute atomic E-state index is 0.0760. The Kier molecular flexibility index (Phi) is 6.16. The van der Waals surface area contributed by atoms with Crippen molar-refractivity contribution in [3.8, 4) is 11.5 Å². The second-order valence-corrected chi connectivity index (χ2v) is 6.77. The number of hydrogen-bond donors (Lipinski definition) is 3. The molecule has 28 heavy (non-hydrogen) atoms. The van der Waals surface area contributed by atoms with E-state index in [-0.39, 0.29) is 17.7 Å². The molecular formula is C21H25N3O4. The van der Waals surface area contributed by atoms with Crippen LogP contribution in [0.4, 0.5) is 11.4 Å². The van der Waals surface area contributed by atoms with Crippen LogP contribution in [0.15, 0.2) is 42.5 Å². The van der Waals surface area contributed by atoms with E-state index in [1.807, 2.05) is 13.0 Å². The Bertz CT molecular complexity index is 850. The Morgan fingerprint density at radius 3 is 2.07 bits per heavy atom. The van der Waals surface area contributed by atoms with Crippen molar-refractivity contribution in [1.29, 1.82) is 0 Å². The molecule has 1 atom stereocenters. The average Bonchev–Trinajstić information content (AvgIpc) is 2.67. The maximum atomic E-state index is 12.6. The van der Waals surface area contributed by atoms with Gasteiger partial charge in [0.2, 0.25) is 5.91 Å². The standard InChI is InChI=1S/C21H25N3O4/c1-13(15-11-22-12-15)20(25)23-16-9-19(28-3)17(10-18(16)27-2)24-21(26)14-7-5-4-6-8-14/h4-10,13,15,22H,11-12H2,1-3H3,(H,23,25)(H,24,26). The summed E-state index contributed by atoms with van der Waals surface area (Å²) in [5.74, 6) is 0.748. The number of amides is 2. The summed E-state index contributed by atoms with van der Waals surface area (Å²) >= 11 is 0. The highest BCUT2D eigenvalue weighted by Gasteiger charge is 2.29. The first-order valence-corrected chi connectivity index (χ1v) is 9.17. The van der Waals surface area contributed by atoms with Gasteiger partial charge in [0.15, 0.2) is 0 Å². The molecule has 1 fully saturated rings. The summed E-state index contributed by atoms with van der Waals surface area (Å²) in [5, 5.41) is 8.92. The van der Waals surface area contributed by atoms with E-state index in [1.54, 1.807) is 36.4 Å². The van der Waals surface area contributed by atoms with Gasteiger partial charge in [0, 0.05) is 23.6 Å². The van der Waals surface area contributed by atoms with Crippen molar-refractivity contribution >= 4 is 23.2 Å². The molecule has 0 saturated carbocycles. The SMILES string of the molecule is COc1cc(NC(=O)C(C)C2CNC2)c(OC)cc1NC(=O)c1ccccc1. The number of hydrogen-bond acceptors (Lipinski definition) is 5. The van der Waals surface area contributed by atoms with Gasteiger partial charge < -0.3 is 25.4 Å². The van der Waals surface area contributed by atoms with Crippen molar-refractivity contribution in [2.45, 2.75) is 6.92 Å². The molecule has 1 aliphatic rings. The molecule has 0 spiro atoms. The van der Waals surface area contributed by atoms with E-state index >= 15 is 0 Å². The number of benzene rings is 2. The Labute approximate surface area is 164 Å². The Morgan fingerprint density at radius 1 is 1.00 bits per heavy atom. The lowest BCUT2D eigenvalue weighted by molar-refractivity contribution is -0.121. The highest BCUT2D eigenvalue weighted by atomic mass is 16.5. The zero-order chi connectivity index (χ0) is 20.1. The number of methoxy groups -OCH3 is 2. The van der Waals surface area contributed by atoms with Gasteiger partial charge in [-0.05, 0) is 31.1 Å². The summed E-state index contributed by atoms with van der Waals surface area (Å²) in [6.07, 6.45) is 0. The summed E-state index contributed by atoms with van der Waals surface area (Å²) in [6, 6.07) is 12.2. The van der Waals surface area contributed by atoms with Gasteiger partial charge in [-0.15, -0.1) is 0 Å². The van der Waals surface area contributed by atoms with Crippen molar-refractivity contribution in [3.05, 3.63) is 48.0 Å². The van der Waals surface area contributed by atoms with Crippen LogP contribution in [-0.4, -0.2) is 39.1 Å². The van der Waals surface area contributed by atoms with Crippen LogP contribution in [0.3, 0.4) is 0 Å². The van der Waals surface area contributed by atoms with Gasteiger partial charge >= 0.3 is 0 Å². The molecule has 0 aliphatic carbocycles. The van der Waals surface area contributed by atoms with E-state index < -0.39 is 0 Å². The van der Waals surface area contributed by atoms with E-state index in [0.29, 0.717) is 34.4 Å². The summed E-state index contributed by atoms with van der Waals surface area (Å²) in [5.41, 5.74) is 1.49. The molecule has 1 saturated heterocycles. The van der Waals surface area contributed by atoms with E-state index in [1.165, 1.54) is 14.2 Å². The zero-order valence-corrected chi connectivity index (χ0v) is 16.2. The predicted octanol–water partition coefficient (Wildman–Crippen LogP) is 2.75. The zero-order valence-electron chi connectivity index (χ0n) is 16.2. The van der Waals surface area contributed by atoms with Gasteiger partial charge in [0.05, 0.1) is 25.6 Å². The molecule has 1 aliphatic heterocycles. The van der Waals surface area contributed by atoms with E-state index in [4.69, 9.17) is 9.47 Å². The molecule has 2 aromatic carbocycles. The smallest absolute Gasteiger partial charge is 0.255 e. The second kappa shape index (κ2) is 8.75. The first-order chi connectivity index (χ1) is 13.5. The molecule has 0 aromatic heterocycles. The van der Waals surface area contributed by atoms with Crippen molar-refractivity contribution in [2.24, 2.45) is 11.8 Å². The molecule has 148 valence electrons. The molecular weight excluding hydrogens is 358 g/mol. The molecule has 2 aromatic rings. The summed E-state index contributed by atoms with van der Waals surface area (Å²) in [4.78, 5) is 25.0. The van der Waals surface area contributed by atoms with E-state index in [0.717, 1.165) is 13.1 Å². The van der Waals surface area contributed by atoms with Crippen molar-refractivity contribution in [1.82, 2.24) is 5.32 Å². The van der Waals surface area contributed by atoms with Gasteiger partial charge in [-0.2, -0.15) is 0 Å². The van der Waals surface area contributed by atoms with Crippen LogP contribution in [0, 0.1) is 11.8 Å². The summed E-state index contributed by atoms with van der Waals surface area (Å²) < 4.78 is 10.8. The molecule has 1 heterocycles. The normalized spacial score (nSPS) is 14.5. The lowest BCUT2D eigenvalue weighted by Crippen LogP contribution is -2.48. The van der Waals surface area contributed by atoms with Gasteiger partial charge in [-0.25, -0.2) is 0 Å². The monoisotopic (exact) mass is 383 g/mol. The molecule has 2 amide bonds. The van der Waals surface area contributed by atoms with Gasteiger partial charge in [-0.1, -0.05) is 25.1 Å². The number of ether oxygens (including phenoxy) is 2. The molecule has 0 radical (unpaired) electrons. The van der Waals surface area contributed by atoms with Crippen LogP contribution < -0.4 is 25.4 Å². The van der Waals surface area contributed by atoms with Crippen molar-refractivity contribution < 1.29 is 19.1 Å². The van der Waals surface area contributed by atoms with Gasteiger partial charge in [0.25, 0.3) is 5.91 Å². The van der Waals surface area contributed by atoms with Crippen molar-refractivity contribution in [3.63, 3.8) is 0 Å². The number of nitrogens with one attached hydrogen (secondary N) is 3. The first-order valence-electron chi connectivity index (χ1n) is 9.17. The fourth-order valence-corrected chi connectivity index (χ4v) is 3.00. The third-order valence-electron chi connectivity index (χ3n) is 5.00. The topological polar surface area (TPSA) is 88.7 Å². The maximum Gasteiger partial charge on any atom is 0.255 e. The van der Waals surface area contributed by atoms with Crippen LogP contribution in [0.25, 0.3) is 0 Å². The number of carbonyl (C=O) groups is 2. The molecule has 3 N–H and O–H groups in total. The fourth-order valence-electron chi connectivity index (χ4n) is 3.00. The van der Waals surface area contributed by atoms with Gasteiger partial charge in [-0.3, -0.25) is 9.59 Å². The van der Waals surface area contributed by atoms with Gasteiger partial charge in [0.1, 0.15) is 11.5 Å². The molecule has 0 bridgehead atoms. The third kappa shape index (κ3) is 4.26. The molecule has 3 rings (SSSR count). The average molecular weight is 383 g/mol. The molecule has 1 unspecified atom stereocenters. The van der Waals surface area contributed by atoms with Crippen LogP contribution >= 0.6 is 0 Å². The maximum absolute atomic E-state index is 12.6. The Hall–Kier alpha value is -3.06. The summed E-state index contributed by atoms with van der Waals surface area (Å²) in [7, 11) is 3.02. The number of anilines is 2. The second-order valence-electron chi connectivity index (χ2n) is 6.77. The number of rotatable bonds is 7. The lowest BCUT2D eigenvalue weighted by Gasteiger charge is -2.31. The Morgan fingerprint density at radius 2 is 1.57 bits per heavy atom. The van der Waals surface area contributed by atoms with Crippen LogP contribution in [0.2, 0.25) is 0 Å². The first kappa shape index (κ1) is 19.7. The molecule has 7 heteroatoms.